The van der Waals surface area contributed by atoms with Gasteiger partial charge in [-0.1, -0.05) is 19.8 Å². The first kappa shape index (κ1) is 10.7. The Morgan fingerprint density at radius 1 is 1.47 bits per heavy atom. The molecule has 3 nitrogen and oxygen atoms in total. The Morgan fingerprint density at radius 3 is 2.87 bits per heavy atom. The van der Waals surface area contributed by atoms with Crippen molar-refractivity contribution in [3.63, 3.8) is 0 Å². The van der Waals surface area contributed by atoms with Crippen LogP contribution in [-0.2, 0) is 14.3 Å². The summed E-state index contributed by atoms with van der Waals surface area (Å²) < 4.78 is 5.16. The normalized spacial score (nSPS) is 32.6. The number of esters is 1. The summed E-state index contributed by atoms with van der Waals surface area (Å²) >= 11 is 0. The summed E-state index contributed by atoms with van der Waals surface area (Å²) in [6, 6.07) is 0. The lowest BCUT2D eigenvalue weighted by Crippen LogP contribution is -2.13. The van der Waals surface area contributed by atoms with E-state index in [0.717, 1.165) is 25.7 Å². The third-order valence-electron chi connectivity index (χ3n) is 3.53. The highest BCUT2D eigenvalue weighted by Crippen LogP contribution is 2.55. The third kappa shape index (κ3) is 2.06. The van der Waals surface area contributed by atoms with Crippen LogP contribution in [-0.4, -0.2) is 18.4 Å². The van der Waals surface area contributed by atoms with Crippen LogP contribution in [0.25, 0.3) is 0 Å². The summed E-state index contributed by atoms with van der Waals surface area (Å²) in [6.45, 7) is 2.64. The van der Waals surface area contributed by atoms with E-state index in [0.29, 0.717) is 18.9 Å². The zero-order chi connectivity index (χ0) is 10.8. The first-order chi connectivity index (χ1) is 7.25. The van der Waals surface area contributed by atoms with Crippen molar-refractivity contribution >= 4 is 11.8 Å². The fourth-order valence-corrected chi connectivity index (χ4v) is 2.59. The molecule has 0 saturated heterocycles. The molecule has 0 bridgehead atoms. The highest BCUT2D eigenvalue weighted by molar-refractivity contribution is 5.94. The second-order valence-corrected chi connectivity index (χ2v) is 4.60. The highest BCUT2D eigenvalue weighted by Gasteiger charge is 2.62. The van der Waals surface area contributed by atoms with E-state index in [1.807, 2.05) is 0 Å². The number of hydrogen-bond acceptors (Lipinski definition) is 3. The first-order valence-electron chi connectivity index (χ1n) is 5.95. The number of Topliss-reactive ketones (excluding diaryl/α,β-unsaturated/α-hetero) is 1. The Labute approximate surface area is 90.2 Å². The number of ketones is 1. The molecule has 0 amide bonds. The SMILES string of the molecule is CCCCCOC(=O)[C@H]1[C@@H]2CCC(=O)[C@@H]21. The summed E-state index contributed by atoms with van der Waals surface area (Å²) in [4.78, 5) is 22.9. The van der Waals surface area contributed by atoms with Crippen molar-refractivity contribution in [2.24, 2.45) is 17.8 Å². The van der Waals surface area contributed by atoms with E-state index in [1.165, 1.54) is 0 Å². The number of fused-ring (bicyclic) bond motifs is 1. The Kier molecular flexibility index (Phi) is 3.08. The molecule has 0 radical (unpaired) electrons. The maximum absolute atomic E-state index is 11.6. The Morgan fingerprint density at radius 2 is 2.27 bits per heavy atom. The molecular weight excluding hydrogens is 192 g/mol. The number of unbranched alkanes of at least 4 members (excludes halogenated alkanes) is 2. The molecule has 0 aromatic carbocycles. The molecule has 0 N–H and O–H groups in total. The predicted octanol–water partition coefficient (Wildman–Crippen LogP) is 1.94. The lowest BCUT2D eigenvalue weighted by molar-refractivity contribution is -0.147. The van der Waals surface area contributed by atoms with Gasteiger partial charge in [-0.2, -0.15) is 0 Å². The second-order valence-electron chi connectivity index (χ2n) is 4.60. The number of carbonyl (C=O) groups excluding carboxylic acids is 2. The molecule has 84 valence electrons. The van der Waals surface area contributed by atoms with Crippen LogP contribution in [0.2, 0.25) is 0 Å². The van der Waals surface area contributed by atoms with Gasteiger partial charge in [-0.3, -0.25) is 9.59 Å². The molecule has 2 saturated carbocycles. The van der Waals surface area contributed by atoms with E-state index < -0.39 is 0 Å². The molecule has 2 aliphatic carbocycles. The van der Waals surface area contributed by atoms with Crippen LogP contribution in [0.15, 0.2) is 0 Å². The third-order valence-corrected chi connectivity index (χ3v) is 3.53. The molecule has 0 spiro atoms. The largest absolute Gasteiger partial charge is 0.465 e. The molecule has 2 rings (SSSR count). The van der Waals surface area contributed by atoms with E-state index in [4.69, 9.17) is 4.74 Å². The van der Waals surface area contributed by atoms with Crippen molar-refractivity contribution in [3.8, 4) is 0 Å². The summed E-state index contributed by atoms with van der Waals surface area (Å²) in [5.74, 6) is 0.428. The van der Waals surface area contributed by atoms with Crippen LogP contribution in [0.1, 0.15) is 39.0 Å². The molecule has 15 heavy (non-hydrogen) atoms. The van der Waals surface area contributed by atoms with Crippen LogP contribution in [0.4, 0.5) is 0 Å². The van der Waals surface area contributed by atoms with Gasteiger partial charge in [0.1, 0.15) is 5.78 Å². The number of ether oxygens (including phenoxy) is 1. The summed E-state index contributed by atoms with van der Waals surface area (Å²) in [5, 5.41) is 0. The molecule has 3 atom stereocenters. The molecule has 2 fully saturated rings. The highest BCUT2D eigenvalue weighted by atomic mass is 16.5. The van der Waals surface area contributed by atoms with Crippen LogP contribution in [0.3, 0.4) is 0 Å². The van der Waals surface area contributed by atoms with Crippen LogP contribution < -0.4 is 0 Å². The molecular formula is C12H18O3. The van der Waals surface area contributed by atoms with Crippen molar-refractivity contribution in [2.45, 2.75) is 39.0 Å². The minimum absolute atomic E-state index is 0.0312. The fourth-order valence-electron chi connectivity index (χ4n) is 2.59. The molecule has 3 heteroatoms. The summed E-state index contributed by atoms with van der Waals surface area (Å²) in [6.07, 6.45) is 4.75. The van der Waals surface area contributed by atoms with Crippen LogP contribution in [0.5, 0.6) is 0 Å². The standard InChI is InChI=1S/C12H18O3/c1-2-3-4-7-15-12(14)11-8-5-6-9(13)10(8)11/h8,10-11H,2-7H2,1H3/t8-,10-,11+/m1/s1. The average Bonchev–Trinajstić information content (AvgIpc) is 2.85. The van der Waals surface area contributed by atoms with Gasteiger partial charge in [0.15, 0.2) is 0 Å². The lowest BCUT2D eigenvalue weighted by Gasteiger charge is -2.04. The van der Waals surface area contributed by atoms with Crippen molar-refractivity contribution in [1.29, 1.82) is 0 Å². The molecule has 0 aliphatic heterocycles. The van der Waals surface area contributed by atoms with Crippen molar-refractivity contribution < 1.29 is 14.3 Å². The van der Waals surface area contributed by atoms with E-state index in [9.17, 15) is 9.59 Å². The van der Waals surface area contributed by atoms with Gasteiger partial charge in [-0.25, -0.2) is 0 Å². The summed E-state index contributed by atoms with van der Waals surface area (Å²) in [5.41, 5.74) is 0. The van der Waals surface area contributed by atoms with Gasteiger partial charge >= 0.3 is 5.97 Å². The number of carbonyl (C=O) groups is 2. The van der Waals surface area contributed by atoms with Gasteiger partial charge < -0.3 is 4.74 Å². The quantitative estimate of drug-likeness (QED) is 0.514. The average molecular weight is 210 g/mol. The van der Waals surface area contributed by atoms with Gasteiger partial charge in [-0.05, 0) is 18.8 Å². The second kappa shape index (κ2) is 4.33. The minimum atomic E-state index is -0.130. The van der Waals surface area contributed by atoms with Crippen LogP contribution >= 0.6 is 0 Å². The van der Waals surface area contributed by atoms with Crippen molar-refractivity contribution in [3.05, 3.63) is 0 Å². The van der Waals surface area contributed by atoms with Gasteiger partial charge in [0.25, 0.3) is 0 Å². The van der Waals surface area contributed by atoms with E-state index in [-0.39, 0.29) is 23.6 Å². The molecule has 0 unspecified atom stereocenters. The molecule has 0 heterocycles. The van der Waals surface area contributed by atoms with Gasteiger partial charge in [0.2, 0.25) is 0 Å². The maximum atomic E-state index is 11.6. The topological polar surface area (TPSA) is 43.4 Å². The molecule has 0 aromatic heterocycles. The predicted molar refractivity (Wildman–Crippen MR) is 55.2 cm³/mol. The van der Waals surface area contributed by atoms with Gasteiger partial charge in [0, 0.05) is 12.3 Å². The molecule has 0 aromatic rings. The van der Waals surface area contributed by atoms with Crippen LogP contribution in [0, 0.1) is 17.8 Å². The smallest absolute Gasteiger partial charge is 0.309 e. The molecule has 2 aliphatic rings. The van der Waals surface area contributed by atoms with E-state index in [1.54, 1.807) is 0 Å². The zero-order valence-electron chi connectivity index (χ0n) is 9.20. The zero-order valence-corrected chi connectivity index (χ0v) is 9.20. The summed E-state index contributed by atoms with van der Waals surface area (Å²) in [7, 11) is 0. The Bertz CT molecular complexity index is 272. The number of hydrogen-bond donors (Lipinski definition) is 0. The first-order valence-corrected chi connectivity index (χ1v) is 5.95. The lowest BCUT2D eigenvalue weighted by atomic mass is 10.1. The number of rotatable bonds is 5. The Balaban J connectivity index is 1.68. The van der Waals surface area contributed by atoms with Gasteiger partial charge in [0.05, 0.1) is 12.5 Å². The van der Waals surface area contributed by atoms with E-state index >= 15 is 0 Å². The maximum Gasteiger partial charge on any atom is 0.309 e. The Hall–Kier alpha value is -0.860. The fraction of sp³-hybridized carbons (Fsp3) is 0.833. The van der Waals surface area contributed by atoms with Gasteiger partial charge in [-0.15, -0.1) is 0 Å². The monoisotopic (exact) mass is 210 g/mol. The van der Waals surface area contributed by atoms with Crippen molar-refractivity contribution in [2.75, 3.05) is 6.61 Å². The minimum Gasteiger partial charge on any atom is -0.465 e. The van der Waals surface area contributed by atoms with E-state index in [2.05, 4.69) is 6.92 Å². The van der Waals surface area contributed by atoms with Crippen molar-refractivity contribution in [1.82, 2.24) is 0 Å².